The number of nitrogens with zero attached hydrogens (tertiary/aromatic N) is 1. The summed E-state index contributed by atoms with van der Waals surface area (Å²) in [6.45, 7) is 5.64. The average Bonchev–Trinajstić information content (AvgIpc) is 2.79. The maximum Gasteiger partial charge on any atom is 0.143 e. The number of hydrogen-bond donors (Lipinski definition) is 1. The van der Waals surface area contributed by atoms with Gasteiger partial charge in [-0.25, -0.2) is 0 Å². The number of aliphatic hydroxyl groups excluding tert-OH is 1. The van der Waals surface area contributed by atoms with Gasteiger partial charge in [-0.1, -0.05) is 25.5 Å². The van der Waals surface area contributed by atoms with E-state index in [2.05, 4.69) is 38.9 Å². The quantitative estimate of drug-likeness (QED) is 0.776. The van der Waals surface area contributed by atoms with Gasteiger partial charge in [0, 0.05) is 17.9 Å². The van der Waals surface area contributed by atoms with Crippen LogP contribution in [-0.2, 0) is 4.79 Å². The lowest BCUT2D eigenvalue weighted by Crippen LogP contribution is -2.50. The van der Waals surface area contributed by atoms with E-state index in [1.807, 2.05) is 0 Å². The molecule has 0 aromatic heterocycles. The third-order valence-corrected chi connectivity index (χ3v) is 8.53. The fourth-order valence-electron chi connectivity index (χ4n) is 7.18. The standard InChI is InChI=1S/C22H35NO2/c1-21-9-7-16(24)12-15(21)5-6-17-18(21)8-10-22(2)19(17)11-14(20(22)25)13-23(3)4/h5,14,16-19,24H,6-13H2,1-4H3/t14?,16?,17?,18?,19?,21-,22-/m0/s1. The van der Waals surface area contributed by atoms with Gasteiger partial charge >= 0.3 is 0 Å². The first-order chi connectivity index (χ1) is 11.8. The van der Waals surface area contributed by atoms with Crippen molar-refractivity contribution in [3.8, 4) is 0 Å². The topological polar surface area (TPSA) is 40.5 Å². The minimum atomic E-state index is -0.137. The normalized spacial score (nSPS) is 49.4. The van der Waals surface area contributed by atoms with E-state index < -0.39 is 0 Å². The van der Waals surface area contributed by atoms with E-state index in [-0.39, 0.29) is 22.9 Å². The van der Waals surface area contributed by atoms with Crippen molar-refractivity contribution < 1.29 is 9.90 Å². The monoisotopic (exact) mass is 345 g/mol. The Balaban J connectivity index is 1.63. The summed E-state index contributed by atoms with van der Waals surface area (Å²) in [5.74, 6) is 2.71. The fraction of sp³-hybridized carbons (Fsp3) is 0.864. The lowest BCUT2D eigenvalue weighted by molar-refractivity contribution is -0.134. The molecule has 140 valence electrons. The van der Waals surface area contributed by atoms with E-state index >= 15 is 0 Å². The Labute approximate surface area is 152 Å². The maximum absolute atomic E-state index is 13.2. The van der Waals surface area contributed by atoms with Gasteiger partial charge in [0.25, 0.3) is 0 Å². The summed E-state index contributed by atoms with van der Waals surface area (Å²) in [4.78, 5) is 15.4. The van der Waals surface area contributed by atoms with Crippen molar-refractivity contribution in [3.05, 3.63) is 11.6 Å². The van der Waals surface area contributed by atoms with E-state index in [0.717, 1.165) is 45.1 Å². The third-order valence-electron chi connectivity index (χ3n) is 8.53. The molecule has 0 bridgehead atoms. The van der Waals surface area contributed by atoms with Gasteiger partial charge in [-0.05, 0) is 82.2 Å². The van der Waals surface area contributed by atoms with Gasteiger partial charge in [-0.15, -0.1) is 0 Å². The molecule has 3 heteroatoms. The molecule has 1 N–H and O–H groups in total. The van der Waals surface area contributed by atoms with Crippen LogP contribution in [0.25, 0.3) is 0 Å². The van der Waals surface area contributed by atoms with Crippen LogP contribution < -0.4 is 0 Å². The van der Waals surface area contributed by atoms with Crippen LogP contribution in [0.1, 0.15) is 58.8 Å². The van der Waals surface area contributed by atoms with E-state index in [1.54, 1.807) is 0 Å². The molecule has 3 fully saturated rings. The number of carbonyl (C=O) groups excluding carboxylic acids is 1. The van der Waals surface area contributed by atoms with Gasteiger partial charge in [0.15, 0.2) is 0 Å². The Bertz CT molecular complexity index is 597. The Morgan fingerprint density at radius 2 is 1.88 bits per heavy atom. The van der Waals surface area contributed by atoms with Crippen molar-refractivity contribution in [3.63, 3.8) is 0 Å². The molecule has 4 aliphatic rings. The average molecular weight is 346 g/mol. The number of hydrogen-bond acceptors (Lipinski definition) is 3. The van der Waals surface area contributed by atoms with Crippen LogP contribution in [0.2, 0.25) is 0 Å². The highest BCUT2D eigenvalue weighted by molar-refractivity contribution is 5.89. The minimum Gasteiger partial charge on any atom is -0.393 e. The molecule has 25 heavy (non-hydrogen) atoms. The number of aliphatic hydroxyl groups is 1. The number of fused-ring (bicyclic) bond motifs is 5. The first-order valence-corrected chi connectivity index (χ1v) is 10.3. The molecule has 0 heterocycles. The number of ketones is 1. The molecular formula is C22H35NO2. The summed E-state index contributed by atoms with van der Waals surface area (Å²) in [5.41, 5.74) is 1.70. The Kier molecular flexibility index (Phi) is 4.20. The summed E-state index contributed by atoms with van der Waals surface area (Å²) in [6.07, 6.45) is 9.77. The van der Waals surface area contributed by atoms with Crippen molar-refractivity contribution in [2.45, 2.75) is 64.9 Å². The molecule has 4 aliphatic carbocycles. The molecule has 0 radical (unpaired) electrons. The number of allylic oxidation sites excluding steroid dienone is 1. The Morgan fingerprint density at radius 1 is 1.16 bits per heavy atom. The highest BCUT2D eigenvalue weighted by Crippen LogP contribution is 2.64. The van der Waals surface area contributed by atoms with E-state index in [0.29, 0.717) is 23.5 Å². The van der Waals surface area contributed by atoms with Crippen molar-refractivity contribution in [2.75, 3.05) is 20.6 Å². The van der Waals surface area contributed by atoms with Crippen LogP contribution in [0, 0.1) is 34.5 Å². The molecule has 0 aromatic carbocycles. The van der Waals surface area contributed by atoms with Crippen LogP contribution in [-0.4, -0.2) is 42.5 Å². The number of rotatable bonds is 2. The van der Waals surface area contributed by atoms with Gasteiger partial charge in [0.05, 0.1) is 6.10 Å². The second-order valence-corrected chi connectivity index (χ2v) is 10.2. The fourth-order valence-corrected chi connectivity index (χ4v) is 7.18. The van der Waals surface area contributed by atoms with Crippen LogP contribution in [0.3, 0.4) is 0 Å². The highest BCUT2D eigenvalue weighted by atomic mass is 16.3. The first-order valence-electron chi connectivity index (χ1n) is 10.3. The van der Waals surface area contributed by atoms with Crippen molar-refractivity contribution in [2.24, 2.45) is 34.5 Å². The molecular weight excluding hydrogens is 310 g/mol. The van der Waals surface area contributed by atoms with Crippen LogP contribution in [0.5, 0.6) is 0 Å². The maximum atomic E-state index is 13.2. The Hall–Kier alpha value is -0.670. The predicted molar refractivity (Wildman–Crippen MR) is 100 cm³/mol. The van der Waals surface area contributed by atoms with E-state index in [1.165, 1.54) is 12.0 Å². The molecule has 0 spiro atoms. The summed E-state index contributed by atoms with van der Waals surface area (Å²) in [5, 5.41) is 10.1. The van der Waals surface area contributed by atoms with Crippen molar-refractivity contribution in [1.82, 2.24) is 4.90 Å². The molecule has 5 unspecified atom stereocenters. The minimum absolute atomic E-state index is 0.0856. The second kappa shape index (κ2) is 5.92. The molecule has 3 nitrogen and oxygen atoms in total. The van der Waals surface area contributed by atoms with Gasteiger partial charge < -0.3 is 10.0 Å². The van der Waals surface area contributed by atoms with Crippen molar-refractivity contribution >= 4 is 5.78 Å². The first kappa shape index (κ1) is 17.7. The van der Waals surface area contributed by atoms with Crippen LogP contribution >= 0.6 is 0 Å². The third kappa shape index (κ3) is 2.56. The summed E-state index contributed by atoms with van der Waals surface area (Å²) < 4.78 is 0. The predicted octanol–water partition coefficient (Wildman–Crippen LogP) is 3.67. The molecule has 7 atom stereocenters. The zero-order valence-electron chi connectivity index (χ0n) is 16.4. The molecule has 0 aromatic rings. The summed E-state index contributed by atoms with van der Waals surface area (Å²) in [6, 6.07) is 0. The second-order valence-electron chi connectivity index (χ2n) is 10.2. The number of Topliss-reactive ketones (excluding diaryl/α,β-unsaturated/α-hetero) is 1. The largest absolute Gasteiger partial charge is 0.393 e. The lowest BCUT2D eigenvalue weighted by atomic mass is 9.48. The van der Waals surface area contributed by atoms with Crippen LogP contribution in [0.4, 0.5) is 0 Å². The molecule has 0 amide bonds. The van der Waals surface area contributed by atoms with E-state index in [4.69, 9.17) is 0 Å². The number of carbonyl (C=O) groups is 1. The summed E-state index contributed by atoms with van der Waals surface area (Å²) in [7, 11) is 4.18. The highest BCUT2D eigenvalue weighted by Gasteiger charge is 2.60. The smallest absolute Gasteiger partial charge is 0.143 e. The Morgan fingerprint density at radius 3 is 2.60 bits per heavy atom. The van der Waals surface area contributed by atoms with E-state index in [9.17, 15) is 9.90 Å². The zero-order valence-corrected chi connectivity index (χ0v) is 16.4. The van der Waals surface area contributed by atoms with Gasteiger partial charge in [0.2, 0.25) is 0 Å². The summed E-state index contributed by atoms with van der Waals surface area (Å²) >= 11 is 0. The zero-order chi connectivity index (χ0) is 18.0. The lowest BCUT2D eigenvalue weighted by Gasteiger charge is -2.56. The molecule has 0 aliphatic heterocycles. The van der Waals surface area contributed by atoms with Crippen LogP contribution in [0.15, 0.2) is 11.6 Å². The van der Waals surface area contributed by atoms with Gasteiger partial charge in [-0.2, -0.15) is 0 Å². The van der Waals surface area contributed by atoms with Gasteiger partial charge in [-0.3, -0.25) is 4.79 Å². The van der Waals surface area contributed by atoms with Gasteiger partial charge in [0.1, 0.15) is 5.78 Å². The molecule has 4 rings (SSSR count). The SMILES string of the molecule is CN(C)CC1CC2C3CC=C4CC(O)CC[C@]4(C)C3CC[C@]2(C)C1=O. The van der Waals surface area contributed by atoms with Crippen molar-refractivity contribution in [1.29, 1.82) is 0 Å². The molecule has 0 saturated heterocycles. The molecule has 3 saturated carbocycles.